The van der Waals surface area contributed by atoms with Gasteiger partial charge in [0.1, 0.15) is 5.82 Å². The highest BCUT2D eigenvalue weighted by Crippen LogP contribution is 2.23. The van der Waals surface area contributed by atoms with E-state index in [1.807, 2.05) is 0 Å². The first-order valence-corrected chi connectivity index (χ1v) is 7.22. The third kappa shape index (κ3) is 3.69. The molecule has 0 heterocycles. The van der Waals surface area contributed by atoms with Crippen molar-refractivity contribution in [1.82, 2.24) is 5.32 Å². The predicted molar refractivity (Wildman–Crippen MR) is 74.3 cm³/mol. The van der Waals surface area contributed by atoms with Crippen molar-refractivity contribution >= 4 is 11.6 Å². The lowest BCUT2D eigenvalue weighted by Crippen LogP contribution is -2.34. The molecule has 1 aromatic carbocycles. The third-order valence-electron chi connectivity index (χ3n) is 3.92. The molecule has 0 aromatic heterocycles. The Kier molecular flexibility index (Phi) is 5.02. The first-order chi connectivity index (χ1) is 8.66. The summed E-state index contributed by atoms with van der Waals surface area (Å²) in [6.07, 6.45) is 6.40. The lowest BCUT2D eigenvalue weighted by molar-refractivity contribution is 0.354. The van der Waals surface area contributed by atoms with Crippen LogP contribution in [-0.4, -0.2) is 6.04 Å². The fourth-order valence-corrected chi connectivity index (χ4v) is 2.91. The van der Waals surface area contributed by atoms with Crippen LogP contribution in [0.4, 0.5) is 4.39 Å². The van der Waals surface area contributed by atoms with E-state index in [0.717, 1.165) is 0 Å². The summed E-state index contributed by atoms with van der Waals surface area (Å²) < 4.78 is 13.6. The van der Waals surface area contributed by atoms with Gasteiger partial charge in [-0.05, 0) is 37.0 Å². The highest BCUT2D eigenvalue weighted by Gasteiger charge is 2.19. The molecular weight excluding hydrogens is 249 g/mol. The van der Waals surface area contributed by atoms with Crippen molar-refractivity contribution < 1.29 is 4.39 Å². The highest BCUT2D eigenvalue weighted by atomic mass is 35.5. The molecule has 1 nitrogen and oxygen atoms in total. The molecule has 100 valence electrons. The van der Waals surface area contributed by atoms with Crippen LogP contribution >= 0.6 is 11.6 Å². The molecule has 3 heteroatoms. The number of rotatable bonds is 3. The second-order valence-electron chi connectivity index (χ2n) is 5.34. The summed E-state index contributed by atoms with van der Waals surface area (Å²) in [5.74, 6) is 0.503. The first-order valence-electron chi connectivity index (χ1n) is 6.84. The molecule has 2 unspecified atom stereocenters. The van der Waals surface area contributed by atoms with E-state index in [4.69, 9.17) is 11.6 Å². The molecule has 0 saturated heterocycles. The molecule has 1 aromatic rings. The van der Waals surface area contributed by atoms with E-state index in [9.17, 15) is 4.39 Å². The second kappa shape index (κ2) is 6.53. The largest absolute Gasteiger partial charge is 0.310 e. The van der Waals surface area contributed by atoms with E-state index in [0.29, 0.717) is 29.1 Å². The molecule has 1 aliphatic rings. The Hall–Kier alpha value is -0.600. The van der Waals surface area contributed by atoms with Crippen LogP contribution in [0.1, 0.15) is 44.6 Å². The molecule has 0 aliphatic heterocycles. The summed E-state index contributed by atoms with van der Waals surface area (Å²) in [6.45, 7) is 2.86. The van der Waals surface area contributed by atoms with E-state index >= 15 is 0 Å². The van der Waals surface area contributed by atoms with Gasteiger partial charge >= 0.3 is 0 Å². The summed E-state index contributed by atoms with van der Waals surface area (Å²) in [5.41, 5.74) is 0.666. The molecular formula is C15H21ClFN. The zero-order valence-electron chi connectivity index (χ0n) is 10.9. The Balaban J connectivity index is 1.95. The van der Waals surface area contributed by atoms with Crippen LogP contribution in [0, 0.1) is 11.7 Å². The molecule has 1 saturated carbocycles. The van der Waals surface area contributed by atoms with Crippen LogP contribution in [0.25, 0.3) is 0 Å². The minimum atomic E-state index is -0.173. The van der Waals surface area contributed by atoms with Crippen molar-refractivity contribution in [1.29, 1.82) is 0 Å². The molecule has 1 fully saturated rings. The Morgan fingerprint density at radius 2 is 2.06 bits per heavy atom. The Morgan fingerprint density at radius 1 is 1.28 bits per heavy atom. The molecule has 0 bridgehead atoms. The monoisotopic (exact) mass is 269 g/mol. The quantitative estimate of drug-likeness (QED) is 0.795. The Bertz CT molecular complexity index is 394. The molecule has 1 N–H and O–H groups in total. The average Bonchev–Trinajstić information content (AvgIpc) is 2.55. The van der Waals surface area contributed by atoms with Gasteiger partial charge in [-0.2, -0.15) is 0 Å². The van der Waals surface area contributed by atoms with Crippen LogP contribution < -0.4 is 5.32 Å². The number of nitrogens with one attached hydrogen (secondary N) is 1. The molecule has 2 atom stereocenters. The highest BCUT2D eigenvalue weighted by molar-refractivity contribution is 6.30. The van der Waals surface area contributed by atoms with Gasteiger partial charge in [-0.3, -0.25) is 0 Å². The van der Waals surface area contributed by atoms with Gasteiger partial charge < -0.3 is 5.32 Å². The topological polar surface area (TPSA) is 12.0 Å². The minimum absolute atomic E-state index is 0.173. The van der Waals surface area contributed by atoms with E-state index in [1.54, 1.807) is 12.1 Å². The van der Waals surface area contributed by atoms with Gasteiger partial charge in [0.15, 0.2) is 0 Å². The average molecular weight is 270 g/mol. The maximum atomic E-state index is 13.6. The van der Waals surface area contributed by atoms with E-state index in [-0.39, 0.29) is 5.82 Å². The number of benzene rings is 1. The van der Waals surface area contributed by atoms with Crippen molar-refractivity contribution in [3.05, 3.63) is 34.6 Å². The number of halogens is 2. The van der Waals surface area contributed by atoms with Gasteiger partial charge in [0.2, 0.25) is 0 Å². The fraction of sp³-hybridized carbons (Fsp3) is 0.600. The Morgan fingerprint density at radius 3 is 2.89 bits per heavy atom. The van der Waals surface area contributed by atoms with Crippen LogP contribution in [0.5, 0.6) is 0 Å². The normalized spacial score (nSPS) is 24.8. The van der Waals surface area contributed by atoms with Crippen LogP contribution in [0.2, 0.25) is 5.02 Å². The van der Waals surface area contributed by atoms with E-state index < -0.39 is 0 Å². The van der Waals surface area contributed by atoms with E-state index in [1.165, 1.54) is 38.2 Å². The van der Waals surface area contributed by atoms with Crippen molar-refractivity contribution in [2.45, 2.75) is 51.6 Å². The van der Waals surface area contributed by atoms with Gasteiger partial charge in [-0.15, -0.1) is 0 Å². The van der Waals surface area contributed by atoms with E-state index in [2.05, 4.69) is 12.2 Å². The van der Waals surface area contributed by atoms with Crippen LogP contribution in [0.3, 0.4) is 0 Å². The zero-order chi connectivity index (χ0) is 13.0. The molecule has 1 aliphatic carbocycles. The summed E-state index contributed by atoms with van der Waals surface area (Å²) in [6, 6.07) is 5.25. The van der Waals surface area contributed by atoms with Crippen molar-refractivity contribution in [3.8, 4) is 0 Å². The standard InChI is InChI=1S/C15H21ClFN/c1-11-5-3-2-4-6-15(11)18-10-12-9-13(16)7-8-14(12)17/h7-9,11,15,18H,2-6,10H2,1H3. The van der Waals surface area contributed by atoms with Crippen LogP contribution in [-0.2, 0) is 6.54 Å². The maximum Gasteiger partial charge on any atom is 0.127 e. The summed E-state index contributed by atoms with van der Waals surface area (Å²) in [5, 5.41) is 4.10. The zero-order valence-corrected chi connectivity index (χ0v) is 11.6. The SMILES string of the molecule is CC1CCCCCC1NCc1cc(Cl)ccc1F. The van der Waals surface area contributed by atoms with Gasteiger partial charge in [-0.25, -0.2) is 4.39 Å². The van der Waals surface area contributed by atoms with Crippen LogP contribution in [0.15, 0.2) is 18.2 Å². The summed E-state index contributed by atoms with van der Waals surface area (Å²) in [7, 11) is 0. The lowest BCUT2D eigenvalue weighted by Gasteiger charge is -2.23. The number of hydrogen-bond donors (Lipinski definition) is 1. The van der Waals surface area contributed by atoms with Gasteiger partial charge in [0, 0.05) is 23.2 Å². The molecule has 0 spiro atoms. The molecule has 0 radical (unpaired) electrons. The smallest absolute Gasteiger partial charge is 0.127 e. The van der Waals surface area contributed by atoms with Gasteiger partial charge in [-0.1, -0.05) is 37.8 Å². The fourth-order valence-electron chi connectivity index (χ4n) is 2.72. The lowest BCUT2D eigenvalue weighted by atomic mass is 9.97. The van der Waals surface area contributed by atoms with Gasteiger partial charge in [0.05, 0.1) is 0 Å². The van der Waals surface area contributed by atoms with Crippen molar-refractivity contribution in [2.75, 3.05) is 0 Å². The molecule has 18 heavy (non-hydrogen) atoms. The minimum Gasteiger partial charge on any atom is -0.310 e. The van der Waals surface area contributed by atoms with Crippen molar-refractivity contribution in [2.24, 2.45) is 5.92 Å². The second-order valence-corrected chi connectivity index (χ2v) is 5.77. The molecule has 2 rings (SSSR count). The van der Waals surface area contributed by atoms with Crippen molar-refractivity contribution in [3.63, 3.8) is 0 Å². The maximum absolute atomic E-state index is 13.6. The summed E-state index contributed by atoms with van der Waals surface area (Å²) in [4.78, 5) is 0. The number of hydrogen-bond acceptors (Lipinski definition) is 1. The third-order valence-corrected chi connectivity index (χ3v) is 4.16. The predicted octanol–water partition coefficient (Wildman–Crippen LogP) is 4.54. The summed E-state index contributed by atoms with van der Waals surface area (Å²) >= 11 is 5.90. The Labute approximate surface area is 114 Å². The first kappa shape index (κ1) is 13.8. The molecule has 0 amide bonds. The van der Waals surface area contributed by atoms with Gasteiger partial charge in [0.25, 0.3) is 0 Å².